The SMILES string of the molecule is COc1ccc(-c2cnc(SCC(=O)NC(C)(c3ccc4c(c3)OCO4)C3CCCNC3)nc2)cc1. The summed E-state index contributed by atoms with van der Waals surface area (Å²) in [5.74, 6) is 2.67. The first-order valence-electron chi connectivity index (χ1n) is 12.1. The molecule has 3 heterocycles. The predicted octanol–water partition coefficient (Wildman–Crippen LogP) is 4.00. The zero-order chi connectivity index (χ0) is 25.0. The number of ether oxygens (including phenoxy) is 3. The van der Waals surface area contributed by atoms with Crippen molar-refractivity contribution in [3.63, 3.8) is 0 Å². The quantitative estimate of drug-likeness (QED) is 0.350. The summed E-state index contributed by atoms with van der Waals surface area (Å²) in [6.07, 6.45) is 5.66. The molecule has 2 aromatic carbocycles. The van der Waals surface area contributed by atoms with Crippen LogP contribution >= 0.6 is 11.8 Å². The number of hydrogen-bond donors (Lipinski definition) is 2. The maximum atomic E-state index is 13.2. The van der Waals surface area contributed by atoms with Crippen molar-refractivity contribution in [3.8, 4) is 28.4 Å². The van der Waals surface area contributed by atoms with Crippen LogP contribution in [0.2, 0.25) is 0 Å². The predicted molar refractivity (Wildman–Crippen MR) is 138 cm³/mol. The highest BCUT2D eigenvalue weighted by atomic mass is 32.2. The molecular formula is C27H30N4O4S. The maximum Gasteiger partial charge on any atom is 0.231 e. The number of piperidine rings is 1. The van der Waals surface area contributed by atoms with Gasteiger partial charge in [-0.05, 0) is 67.6 Å². The van der Waals surface area contributed by atoms with Gasteiger partial charge in [-0.2, -0.15) is 0 Å². The number of nitrogens with zero attached hydrogens (tertiary/aromatic N) is 2. The fourth-order valence-electron chi connectivity index (χ4n) is 4.75. The third kappa shape index (κ3) is 5.27. The molecule has 1 amide bonds. The molecule has 0 spiro atoms. The average Bonchev–Trinajstić information content (AvgIpc) is 3.41. The van der Waals surface area contributed by atoms with Crippen molar-refractivity contribution in [1.82, 2.24) is 20.6 Å². The molecule has 2 aliphatic rings. The Labute approximate surface area is 215 Å². The molecule has 8 nitrogen and oxygen atoms in total. The summed E-state index contributed by atoms with van der Waals surface area (Å²) in [6, 6.07) is 13.7. The van der Waals surface area contributed by atoms with Crippen LogP contribution in [0.25, 0.3) is 11.1 Å². The van der Waals surface area contributed by atoms with Crippen molar-refractivity contribution in [2.45, 2.75) is 30.5 Å². The molecule has 2 atom stereocenters. The first kappa shape index (κ1) is 24.4. The van der Waals surface area contributed by atoms with Crippen LogP contribution in [0.3, 0.4) is 0 Å². The van der Waals surface area contributed by atoms with Gasteiger partial charge in [0.25, 0.3) is 0 Å². The normalized spacial score (nSPS) is 18.3. The summed E-state index contributed by atoms with van der Waals surface area (Å²) < 4.78 is 16.3. The summed E-state index contributed by atoms with van der Waals surface area (Å²) in [7, 11) is 1.64. The van der Waals surface area contributed by atoms with E-state index in [2.05, 4.69) is 27.5 Å². The molecule has 2 aliphatic heterocycles. The Morgan fingerprint density at radius 3 is 2.64 bits per heavy atom. The third-order valence-electron chi connectivity index (χ3n) is 6.87. The monoisotopic (exact) mass is 506 g/mol. The Kier molecular flexibility index (Phi) is 7.29. The summed E-state index contributed by atoms with van der Waals surface area (Å²) in [5, 5.41) is 7.37. The molecule has 5 rings (SSSR count). The molecule has 0 saturated carbocycles. The van der Waals surface area contributed by atoms with Gasteiger partial charge in [-0.3, -0.25) is 4.79 Å². The summed E-state index contributed by atoms with van der Waals surface area (Å²) in [6.45, 7) is 4.17. The number of carbonyl (C=O) groups excluding carboxylic acids is 1. The van der Waals surface area contributed by atoms with E-state index in [4.69, 9.17) is 14.2 Å². The highest BCUT2D eigenvalue weighted by Crippen LogP contribution is 2.40. The molecule has 2 unspecified atom stereocenters. The molecular weight excluding hydrogens is 476 g/mol. The van der Waals surface area contributed by atoms with Crippen LogP contribution in [-0.2, 0) is 10.3 Å². The van der Waals surface area contributed by atoms with Gasteiger partial charge >= 0.3 is 0 Å². The van der Waals surface area contributed by atoms with E-state index in [0.717, 1.165) is 59.9 Å². The van der Waals surface area contributed by atoms with Crippen LogP contribution in [0.4, 0.5) is 0 Å². The standard InChI is InChI=1S/C27H30N4O4S/c1-27(21-4-3-11-28-15-21,20-7-10-23-24(12-20)35-17-34-23)31-25(32)16-36-26-29-13-19(14-30-26)18-5-8-22(33-2)9-6-18/h5-10,12-14,21,28H,3-4,11,15-17H2,1-2H3,(H,31,32). The van der Waals surface area contributed by atoms with E-state index in [9.17, 15) is 4.79 Å². The van der Waals surface area contributed by atoms with Gasteiger partial charge in [0.1, 0.15) is 5.75 Å². The Morgan fingerprint density at radius 1 is 1.14 bits per heavy atom. The van der Waals surface area contributed by atoms with Gasteiger partial charge in [-0.25, -0.2) is 9.97 Å². The molecule has 188 valence electrons. The lowest BCUT2D eigenvalue weighted by Gasteiger charge is -2.41. The molecule has 0 radical (unpaired) electrons. The summed E-state index contributed by atoms with van der Waals surface area (Å²) in [4.78, 5) is 22.1. The zero-order valence-electron chi connectivity index (χ0n) is 20.5. The van der Waals surface area contributed by atoms with Gasteiger partial charge in [0, 0.05) is 24.5 Å². The number of thioether (sulfide) groups is 1. The highest BCUT2D eigenvalue weighted by Gasteiger charge is 2.39. The molecule has 2 N–H and O–H groups in total. The fraction of sp³-hybridized carbons (Fsp3) is 0.370. The van der Waals surface area contributed by atoms with Crippen molar-refractivity contribution in [2.75, 3.05) is 32.7 Å². The number of hydrogen-bond acceptors (Lipinski definition) is 8. The lowest BCUT2D eigenvalue weighted by atomic mass is 9.75. The molecule has 1 fully saturated rings. The minimum absolute atomic E-state index is 0.0615. The van der Waals surface area contributed by atoms with E-state index in [1.165, 1.54) is 11.8 Å². The van der Waals surface area contributed by atoms with Gasteiger partial charge < -0.3 is 24.8 Å². The number of aromatic nitrogens is 2. The number of fused-ring (bicyclic) bond motifs is 1. The summed E-state index contributed by atoms with van der Waals surface area (Å²) in [5.41, 5.74) is 2.38. The second-order valence-corrected chi connectivity index (χ2v) is 10.1. The first-order valence-corrected chi connectivity index (χ1v) is 13.0. The second kappa shape index (κ2) is 10.8. The van der Waals surface area contributed by atoms with E-state index in [0.29, 0.717) is 5.16 Å². The van der Waals surface area contributed by atoms with Crippen molar-refractivity contribution < 1.29 is 19.0 Å². The van der Waals surface area contributed by atoms with Crippen LogP contribution in [0.1, 0.15) is 25.3 Å². The van der Waals surface area contributed by atoms with Crippen molar-refractivity contribution in [2.24, 2.45) is 5.92 Å². The minimum atomic E-state index is -0.550. The molecule has 36 heavy (non-hydrogen) atoms. The Hall–Kier alpha value is -3.30. The minimum Gasteiger partial charge on any atom is -0.497 e. The average molecular weight is 507 g/mol. The number of carbonyl (C=O) groups is 1. The number of benzene rings is 2. The van der Waals surface area contributed by atoms with Gasteiger partial charge in [0.2, 0.25) is 12.7 Å². The lowest BCUT2D eigenvalue weighted by Crippen LogP contribution is -2.53. The van der Waals surface area contributed by atoms with Crippen molar-refractivity contribution in [3.05, 3.63) is 60.4 Å². The Bertz CT molecular complexity index is 1200. The van der Waals surface area contributed by atoms with E-state index in [-0.39, 0.29) is 24.4 Å². The van der Waals surface area contributed by atoms with Gasteiger partial charge in [-0.1, -0.05) is 30.0 Å². The van der Waals surface area contributed by atoms with E-state index in [1.807, 2.05) is 42.5 Å². The summed E-state index contributed by atoms with van der Waals surface area (Å²) >= 11 is 1.33. The molecule has 9 heteroatoms. The second-order valence-electron chi connectivity index (χ2n) is 9.13. The fourth-order valence-corrected chi connectivity index (χ4v) is 5.34. The third-order valence-corrected chi connectivity index (χ3v) is 7.74. The molecule has 1 aromatic heterocycles. The van der Waals surface area contributed by atoms with E-state index >= 15 is 0 Å². The Morgan fingerprint density at radius 2 is 1.92 bits per heavy atom. The van der Waals surface area contributed by atoms with Crippen molar-refractivity contribution >= 4 is 17.7 Å². The van der Waals surface area contributed by atoms with Crippen molar-refractivity contribution in [1.29, 1.82) is 0 Å². The molecule has 0 bridgehead atoms. The van der Waals surface area contributed by atoms with E-state index in [1.54, 1.807) is 19.5 Å². The zero-order valence-corrected chi connectivity index (χ0v) is 21.3. The number of amides is 1. The van der Waals surface area contributed by atoms with Gasteiger partial charge in [0.15, 0.2) is 16.7 Å². The number of methoxy groups -OCH3 is 1. The number of nitrogens with one attached hydrogen (secondary N) is 2. The molecule has 0 aliphatic carbocycles. The molecule has 3 aromatic rings. The largest absolute Gasteiger partial charge is 0.497 e. The molecule has 1 saturated heterocycles. The topological polar surface area (TPSA) is 94.6 Å². The number of rotatable bonds is 8. The van der Waals surface area contributed by atoms with Gasteiger partial charge in [-0.15, -0.1) is 0 Å². The van der Waals surface area contributed by atoms with Crippen LogP contribution in [0.15, 0.2) is 60.0 Å². The van der Waals surface area contributed by atoms with Crippen LogP contribution < -0.4 is 24.8 Å². The Balaban J connectivity index is 1.26. The van der Waals surface area contributed by atoms with Crippen LogP contribution in [-0.4, -0.2) is 48.6 Å². The van der Waals surface area contributed by atoms with Crippen LogP contribution in [0.5, 0.6) is 17.2 Å². The highest BCUT2D eigenvalue weighted by molar-refractivity contribution is 7.99. The maximum absolute atomic E-state index is 13.2. The van der Waals surface area contributed by atoms with E-state index < -0.39 is 5.54 Å². The smallest absolute Gasteiger partial charge is 0.231 e. The first-order chi connectivity index (χ1) is 17.5. The van der Waals surface area contributed by atoms with Gasteiger partial charge in [0.05, 0.1) is 18.4 Å². The van der Waals surface area contributed by atoms with Crippen LogP contribution in [0, 0.1) is 5.92 Å². The lowest BCUT2D eigenvalue weighted by molar-refractivity contribution is -0.121.